The number of hydrogen-bond acceptors (Lipinski definition) is 4. The maximum absolute atomic E-state index is 11.5. The summed E-state index contributed by atoms with van der Waals surface area (Å²) in [7, 11) is 0. The predicted octanol–water partition coefficient (Wildman–Crippen LogP) is 3.37. The van der Waals surface area contributed by atoms with Crippen molar-refractivity contribution in [2.75, 3.05) is 0 Å². The second kappa shape index (κ2) is 5.79. The summed E-state index contributed by atoms with van der Waals surface area (Å²) in [4.78, 5) is 23.5. The van der Waals surface area contributed by atoms with Gasteiger partial charge in [0.25, 0.3) is 5.91 Å². The average Bonchev–Trinajstić information content (AvgIpc) is 2.94. The van der Waals surface area contributed by atoms with Crippen molar-refractivity contribution in [1.82, 2.24) is 10.6 Å². The van der Waals surface area contributed by atoms with Crippen LogP contribution in [0.15, 0.2) is 61.0 Å². The van der Waals surface area contributed by atoms with Crippen LogP contribution in [0.25, 0.3) is 6.08 Å². The second-order valence-electron chi connectivity index (χ2n) is 4.17. The molecule has 2 aromatic rings. The molecule has 1 aromatic heterocycles. The number of amides is 3. The molecule has 1 aromatic carbocycles. The van der Waals surface area contributed by atoms with E-state index in [9.17, 15) is 9.59 Å². The Morgan fingerprint density at radius 2 is 1.90 bits per heavy atom. The van der Waals surface area contributed by atoms with E-state index in [4.69, 9.17) is 4.42 Å². The Bertz CT molecular complexity index is 740. The lowest BCUT2D eigenvalue weighted by Crippen LogP contribution is -2.22. The summed E-state index contributed by atoms with van der Waals surface area (Å²) >= 11 is 4.88. The first kappa shape index (κ1) is 14.0. The molecule has 0 unspecified atom stereocenters. The average molecular weight is 365 g/mol. The lowest BCUT2D eigenvalue weighted by molar-refractivity contribution is -0.115. The molecule has 5 nitrogen and oxygen atoms in total. The van der Waals surface area contributed by atoms with E-state index in [1.54, 1.807) is 6.07 Å². The number of imide groups is 1. The third kappa shape index (κ3) is 3.20. The number of carbonyl (C=O) groups is 2. The molecule has 1 aliphatic heterocycles. The van der Waals surface area contributed by atoms with E-state index >= 15 is 0 Å². The van der Waals surface area contributed by atoms with Gasteiger partial charge in [0.1, 0.15) is 11.5 Å². The van der Waals surface area contributed by atoms with Crippen LogP contribution in [-0.2, 0) is 4.79 Å². The number of halogens is 1. The van der Waals surface area contributed by atoms with E-state index in [2.05, 4.69) is 26.6 Å². The Kier molecular flexibility index (Phi) is 3.85. The maximum Gasteiger partial charge on any atom is 0.326 e. The van der Waals surface area contributed by atoms with Gasteiger partial charge in [0.2, 0.25) is 0 Å². The largest absolute Gasteiger partial charge is 0.449 e. The minimum absolute atomic E-state index is 0.164. The first-order valence-electron chi connectivity index (χ1n) is 5.98. The summed E-state index contributed by atoms with van der Waals surface area (Å²) in [6.07, 6.45) is 1.49. The molecule has 2 heterocycles. The summed E-state index contributed by atoms with van der Waals surface area (Å²) in [6.45, 7) is 0. The van der Waals surface area contributed by atoms with Gasteiger partial charge in [0.05, 0.1) is 4.47 Å². The van der Waals surface area contributed by atoms with Crippen molar-refractivity contribution in [2.45, 2.75) is 9.99 Å². The first-order valence-corrected chi connectivity index (χ1v) is 7.59. The second-order valence-corrected chi connectivity index (χ2v) is 6.07. The van der Waals surface area contributed by atoms with Crippen molar-refractivity contribution in [2.24, 2.45) is 0 Å². The molecule has 1 saturated heterocycles. The Morgan fingerprint density at radius 3 is 2.57 bits per heavy atom. The van der Waals surface area contributed by atoms with Crippen LogP contribution in [0, 0.1) is 0 Å². The molecule has 1 fully saturated rings. The third-order valence-corrected chi connectivity index (χ3v) is 4.48. The van der Waals surface area contributed by atoms with E-state index in [0.717, 1.165) is 9.37 Å². The van der Waals surface area contributed by atoms with Crippen LogP contribution in [-0.4, -0.2) is 11.9 Å². The van der Waals surface area contributed by atoms with Crippen LogP contribution in [0.4, 0.5) is 4.79 Å². The van der Waals surface area contributed by atoms with Gasteiger partial charge in [0.15, 0.2) is 5.09 Å². The van der Waals surface area contributed by atoms with Gasteiger partial charge in [-0.1, -0.05) is 30.0 Å². The van der Waals surface area contributed by atoms with Gasteiger partial charge in [-0.3, -0.25) is 10.1 Å². The molecule has 7 heteroatoms. The lowest BCUT2D eigenvalue weighted by atomic mass is 10.3. The fourth-order valence-corrected chi connectivity index (χ4v) is 3.08. The smallest absolute Gasteiger partial charge is 0.326 e. The van der Waals surface area contributed by atoms with Crippen molar-refractivity contribution >= 4 is 45.7 Å². The van der Waals surface area contributed by atoms with Gasteiger partial charge in [0, 0.05) is 11.0 Å². The highest BCUT2D eigenvalue weighted by Gasteiger charge is 2.23. The highest BCUT2D eigenvalue weighted by Crippen LogP contribution is 2.36. The predicted molar refractivity (Wildman–Crippen MR) is 81.6 cm³/mol. The topological polar surface area (TPSA) is 71.3 Å². The highest BCUT2D eigenvalue weighted by molar-refractivity contribution is 9.10. The Labute approximate surface area is 132 Å². The van der Waals surface area contributed by atoms with Crippen LogP contribution in [0.3, 0.4) is 0 Å². The number of rotatable bonds is 3. The number of benzene rings is 1. The molecule has 2 N–H and O–H groups in total. The van der Waals surface area contributed by atoms with Gasteiger partial charge < -0.3 is 9.73 Å². The van der Waals surface area contributed by atoms with E-state index in [1.165, 1.54) is 17.8 Å². The van der Waals surface area contributed by atoms with E-state index < -0.39 is 11.9 Å². The lowest BCUT2D eigenvalue weighted by Gasteiger charge is -1.97. The highest BCUT2D eigenvalue weighted by atomic mass is 79.9. The molecule has 0 radical (unpaired) electrons. The molecular formula is C14H9BrN2O3S. The minimum atomic E-state index is -0.532. The van der Waals surface area contributed by atoms with Crippen LogP contribution in [0.2, 0.25) is 0 Å². The molecule has 21 heavy (non-hydrogen) atoms. The zero-order valence-corrected chi connectivity index (χ0v) is 13.0. The van der Waals surface area contributed by atoms with Crippen LogP contribution in [0.1, 0.15) is 5.76 Å². The number of urea groups is 1. The van der Waals surface area contributed by atoms with Gasteiger partial charge in [-0.05, 0) is 34.1 Å². The van der Waals surface area contributed by atoms with Crippen molar-refractivity contribution in [3.8, 4) is 0 Å². The first-order chi connectivity index (χ1) is 10.1. The third-order valence-electron chi connectivity index (χ3n) is 2.63. The monoisotopic (exact) mass is 364 g/mol. The molecule has 3 amide bonds. The fraction of sp³-hybridized carbons (Fsp3) is 0. The van der Waals surface area contributed by atoms with Gasteiger partial charge in [-0.25, -0.2) is 4.79 Å². The standard InChI is InChI=1S/C14H9BrN2O3S/c15-10-6-8(7-11-12(18)17-14(19)16-11)20-13(10)21-9-4-2-1-3-5-9/h1-7H,(H2,16,17,18,19)/b11-7+. The van der Waals surface area contributed by atoms with Crippen LogP contribution in [0.5, 0.6) is 0 Å². The summed E-state index contributed by atoms with van der Waals surface area (Å²) in [6, 6.07) is 11.0. The summed E-state index contributed by atoms with van der Waals surface area (Å²) in [5, 5.41) is 5.22. The van der Waals surface area contributed by atoms with E-state index in [0.29, 0.717) is 10.9 Å². The molecule has 0 saturated carbocycles. The molecule has 0 spiro atoms. The van der Waals surface area contributed by atoms with Crippen LogP contribution >= 0.6 is 27.7 Å². The van der Waals surface area contributed by atoms with Crippen molar-refractivity contribution < 1.29 is 14.0 Å². The summed E-state index contributed by atoms with van der Waals surface area (Å²) < 4.78 is 6.46. The summed E-state index contributed by atoms with van der Waals surface area (Å²) in [5.41, 5.74) is 0.164. The molecule has 0 atom stereocenters. The Morgan fingerprint density at radius 1 is 1.14 bits per heavy atom. The molecule has 0 bridgehead atoms. The van der Waals surface area contributed by atoms with Gasteiger partial charge in [-0.2, -0.15) is 0 Å². The molecule has 3 rings (SSSR count). The molecule has 106 valence electrons. The SMILES string of the molecule is O=C1NC(=O)/C(=C\c2cc(Br)c(Sc3ccccc3)o2)N1. The van der Waals surface area contributed by atoms with Crippen molar-refractivity contribution in [1.29, 1.82) is 0 Å². The zero-order chi connectivity index (χ0) is 14.8. The zero-order valence-electron chi connectivity index (χ0n) is 10.6. The fourth-order valence-electron chi connectivity index (χ4n) is 1.73. The van der Waals surface area contributed by atoms with Gasteiger partial charge >= 0.3 is 6.03 Å². The van der Waals surface area contributed by atoms with Crippen molar-refractivity contribution in [3.63, 3.8) is 0 Å². The van der Waals surface area contributed by atoms with E-state index in [-0.39, 0.29) is 5.70 Å². The number of furan rings is 1. The number of nitrogens with one attached hydrogen (secondary N) is 2. The number of carbonyl (C=O) groups excluding carboxylic acids is 2. The number of hydrogen-bond donors (Lipinski definition) is 2. The summed E-state index contributed by atoms with van der Waals surface area (Å²) in [5.74, 6) is 0.0115. The Hall–Kier alpha value is -1.99. The molecule has 0 aliphatic carbocycles. The van der Waals surface area contributed by atoms with Crippen molar-refractivity contribution in [3.05, 3.63) is 52.3 Å². The van der Waals surface area contributed by atoms with Gasteiger partial charge in [-0.15, -0.1) is 0 Å². The van der Waals surface area contributed by atoms with E-state index in [1.807, 2.05) is 30.3 Å². The van der Waals surface area contributed by atoms with Crippen LogP contribution < -0.4 is 10.6 Å². The molecular weight excluding hydrogens is 356 g/mol. The maximum atomic E-state index is 11.5. The minimum Gasteiger partial charge on any atom is -0.449 e. The molecule has 1 aliphatic rings. The quantitative estimate of drug-likeness (QED) is 0.646. The Balaban J connectivity index is 1.83. The normalized spacial score (nSPS) is 16.1.